The summed E-state index contributed by atoms with van der Waals surface area (Å²) in [6.07, 6.45) is -0.0315. The predicted molar refractivity (Wildman–Crippen MR) is 94.8 cm³/mol. The van der Waals surface area contributed by atoms with Crippen molar-refractivity contribution in [1.29, 1.82) is 0 Å². The number of esters is 2. The lowest BCUT2D eigenvalue weighted by atomic mass is 9.88. The third kappa shape index (κ3) is 4.04. The van der Waals surface area contributed by atoms with Crippen molar-refractivity contribution in [2.45, 2.75) is 27.2 Å². The largest absolute Gasteiger partial charge is 0.468 e. The smallest absolute Gasteiger partial charge is 0.332 e. The molecule has 142 valence electrons. The van der Waals surface area contributed by atoms with Gasteiger partial charge in [-0.3, -0.25) is 9.59 Å². The standard InChI is InChI=1S/C19H25NO6/c1-5-26-16(22)10-25-12-19(18(23)24-4)9-15(21)20(11-19)17-13(2)7-6-8-14(17)3/h6-8H,5,9-12H2,1-4H3. The Hall–Kier alpha value is -2.41. The van der Waals surface area contributed by atoms with Crippen LogP contribution < -0.4 is 4.90 Å². The van der Waals surface area contributed by atoms with Gasteiger partial charge in [0.25, 0.3) is 0 Å². The molecular formula is C19H25NO6. The number of amides is 1. The summed E-state index contributed by atoms with van der Waals surface area (Å²) in [5.41, 5.74) is 1.55. The molecule has 1 saturated heterocycles. The fourth-order valence-corrected chi connectivity index (χ4v) is 3.31. The van der Waals surface area contributed by atoms with E-state index in [0.717, 1.165) is 16.8 Å². The lowest BCUT2D eigenvalue weighted by Crippen LogP contribution is -2.40. The maximum atomic E-state index is 12.7. The van der Waals surface area contributed by atoms with E-state index in [0.29, 0.717) is 0 Å². The van der Waals surface area contributed by atoms with E-state index in [2.05, 4.69) is 0 Å². The number of aryl methyl sites for hydroxylation is 2. The Kier molecular flexibility index (Phi) is 6.37. The molecule has 0 bridgehead atoms. The molecule has 7 nitrogen and oxygen atoms in total. The minimum atomic E-state index is -1.15. The molecule has 0 radical (unpaired) electrons. The maximum Gasteiger partial charge on any atom is 0.332 e. The average Bonchev–Trinajstić information content (AvgIpc) is 2.92. The first-order chi connectivity index (χ1) is 12.3. The molecule has 26 heavy (non-hydrogen) atoms. The number of anilines is 1. The average molecular weight is 363 g/mol. The highest BCUT2D eigenvalue weighted by atomic mass is 16.6. The normalized spacial score (nSPS) is 19.5. The van der Waals surface area contributed by atoms with Crippen molar-refractivity contribution in [2.75, 3.05) is 38.4 Å². The highest BCUT2D eigenvalue weighted by Crippen LogP contribution is 2.38. The Morgan fingerprint density at radius 2 is 1.88 bits per heavy atom. The molecule has 1 atom stereocenters. The van der Waals surface area contributed by atoms with E-state index in [-0.39, 0.29) is 38.7 Å². The van der Waals surface area contributed by atoms with Crippen molar-refractivity contribution in [3.63, 3.8) is 0 Å². The SMILES string of the molecule is CCOC(=O)COCC1(C(=O)OC)CC(=O)N(c2c(C)cccc2C)C1. The van der Waals surface area contributed by atoms with Crippen LogP contribution in [0.4, 0.5) is 5.69 Å². The van der Waals surface area contributed by atoms with Gasteiger partial charge in [-0.25, -0.2) is 4.79 Å². The van der Waals surface area contributed by atoms with Gasteiger partial charge in [0.05, 0.1) is 20.3 Å². The first kappa shape index (κ1) is 19.9. The van der Waals surface area contributed by atoms with Gasteiger partial charge in [-0.15, -0.1) is 0 Å². The lowest BCUT2D eigenvalue weighted by molar-refractivity contribution is -0.160. The number of hydrogen-bond donors (Lipinski definition) is 0. The zero-order chi connectivity index (χ0) is 19.3. The van der Waals surface area contributed by atoms with Crippen molar-refractivity contribution in [1.82, 2.24) is 0 Å². The summed E-state index contributed by atoms with van der Waals surface area (Å²) in [7, 11) is 1.28. The number of carbonyl (C=O) groups is 3. The molecule has 1 unspecified atom stereocenters. The number of ether oxygens (including phenoxy) is 3. The van der Waals surface area contributed by atoms with Crippen LogP contribution >= 0.6 is 0 Å². The quantitative estimate of drug-likeness (QED) is 0.687. The summed E-state index contributed by atoms with van der Waals surface area (Å²) in [6, 6.07) is 5.76. The maximum absolute atomic E-state index is 12.7. The zero-order valence-electron chi connectivity index (χ0n) is 15.7. The summed E-state index contributed by atoms with van der Waals surface area (Å²) >= 11 is 0. The Bertz CT molecular complexity index is 681. The summed E-state index contributed by atoms with van der Waals surface area (Å²) in [4.78, 5) is 38.2. The molecule has 0 aliphatic carbocycles. The van der Waals surface area contributed by atoms with Crippen LogP contribution in [0.1, 0.15) is 24.5 Å². The van der Waals surface area contributed by atoms with Crippen LogP contribution in [0.5, 0.6) is 0 Å². The topological polar surface area (TPSA) is 82.1 Å². The molecule has 1 aromatic carbocycles. The molecule has 0 N–H and O–H groups in total. The van der Waals surface area contributed by atoms with E-state index < -0.39 is 17.4 Å². The second-order valence-corrected chi connectivity index (χ2v) is 6.47. The van der Waals surface area contributed by atoms with E-state index in [1.165, 1.54) is 7.11 Å². The zero-order valence-corrected chi connectivity index (χ0v) is 15.7. The van der Waals surface area contributed by atoms with Crippen LogP contribution in [0.2, 0.25) is 0 Å². The van der Waals surface area contributed by atoms with Crippen molar-refractivity contribution >= 4 is 23.5 Å². The molecule has 1 heterocycles. The molecule has 1 aliphatic rings. The van der Waals surface area contributed by atoms with Gasteiger partial charge in [-0.2, -0.15) is 0 Å². The van der Waals surface area contributed by atoms with Gasteiger partial charge >= 0.3 is 11.9 Å². The monoisotopic (exact) mass is 363 g/mol. The second kappa shape index (κ2) is 8.31. The highest BCUT2D eigenvalue weighted by Gasteiger charge is 2.51. The summed E-state index contributed by atoms with van der Waals surface area (Å²) < 4.78 is 15.1. The van der Waals surface area contributed by atoms with E-state index in [4.69, 9.17) is 14.2 Å². The van der Waals surface area contributed by atoms with Crippen LogP contribution in [0.3, 0.4) is 0 Å². The summed E-state index contributed by atoms with van der Waals surface area (Å²) in [5, 5.41) is 0. The van der Waals surface area contributed by atoms with Gasteiger partial charge < -0.3 is 19.1 Å². The number of hydrogen-bond acceptors (Lipinski definition) is 6. The van der Waals surface area contributed by atoms with Crippen molar-refractivity contribution in [3.8, 4) is 0 Å². The van der Waals surface area contributed by atoms with Gasteiger partial charge in [0.1, 0.15) is 12.0 Å². The van der Waals surface area contributed by atoms with Crippen molar-refractivity contribution in [3.05, 3.63) is 29.3 Å². The Morgan fingerprint density at radius 1 is 1.23 bits per heavy atom. The molecule has 1 amide bonds. The van der Waals surface area contributed by atoms with E-state index in [9.17, 15) is 14.4 Å². The molecule has 1 aliphatic heterocycles. The van der Waals surface area contributed by atoms with Crippen molar-refractivity contribution < 1.29 is 28.6 Å². The van der Waals surface area contributed by atoms with E-state index in [1.54, 1.807) is 11.8 Å². The Labute approximate surface area is 153 Å². The van der Waals surface area contributed by atoms with Gasteiger partial charge in [0.15, 0.2) is 0 Å². The van der Waals surface area contributed by atoms with Crippen molar-refractivity contribution in [2.24, 2.45) is 5.41 Å². The number of benzene rings is 1. The highest BCUT2D eigenvalue weighted by molar-refractivity contribution is 6.02. The Morgan fingerprint density at radius 3 is 2.46 bits per heavy atom. The third-order valence-corrected chi connectivity index (χ3v) is 4.48. The first-order valence-corrected chi connectivity index (χ1v) is 8.53. The van der Waals surface area contributed by atoms with E-state index in [1.807, 2.05) is 32.0 Å². The molecule has 2 rings (SSSR count). The molecule has 1 aromatic rings. The van der Waals surface area contributed by atoms with E-state index >= 15 is 0 Å². The third-order valence-electron chi connectivity index (χ3n) is 4.48. The van der Waals surface area contributed by atoms with Gasteiger partial charge in [-0.1, -0.05) is 18.2 Å². The summed E-state index contributed by atoms with van der Waals surface area (Å²) in [6.45, 7) is 5.58. The van der Waals surface area contributed by atoms with Gasteiger partial charge in [-0.05, 0) is 31.9 Å². The fourth-order valence-electron chi connectivity index (χ4n) is 3.31. The number of rotatable bonds is 7. The molecular weight excluding hydrogens is 338 g/mol. The Balaban J connectivity index is 2.22. The number of nitrogens with zero attached hydrogens (tertiary/aromatic N) is 1. The van der Waals surface area contributed by atoms with Crippen LogP contribution in [0.15, 0.2) is 18.2 Å². The molecule has 7 heteroatoms. The van der Waals surface area contributed by atoms with Gasteiger partial charge in [0.2, 0.25) is 5.91 Å². The molecule has 1 fully saturated rings. The van der Waals surface area contributed by atoms with Crippen LogP contribution in [0.25, 0.3) is 0 Å². The van der Waals surface area contributed by atoms with Gasteiger partial charge in [0, 0.05) is 18.7 Å². The number of methoxy groups -OCH3 is 1. The fraction of sp³-hybridized carbons (Fsp3) is 0.526. The minimum Gasteiger partial charge on any atom is -0.468 e. The van der Waals surface area contributed by atoms with Crippen LogP contribution in [-0.4, -0.2) is 51.3 Å². The molecule has 0 spiro atoms. The molecule has 0 saturated carbocycles. The predicted octanol–water partition coefficient (Wildman–Crippen LogP) is 1.78. The second-order valence-electron chi connectivity index (χ2n) is 6.47. The number of carbonyl (C=O) groups excluding carboxylic acids is 3. The summed E-state index contributed by atoms with van der Waals surface area (Å²) in [5.74, 6) is -1.21. The van der Waals surface area contributed by atoms with Crippen LogP contribution in [0, 0.1) is 19.3 Å². The minimum absolute atomic E-state index is 0.0315. The van der Waals surface area contributed by atoms with Crippen LogP contribution in [-0.2, 0) is 28.6 Å². The first-order valence-electron chi connectivity index (χ1n) is 8.53. The lowest BCUT2D eigenvalue weighted by Gasteiger charge is -2.27. The number of para-hydroxylation sites is 1. The molecule has 0 aromatic heterocycles.